The van der Waals surface area contributed by atoms with Crippen LogP contribution in [-0.2, 0) is 0 Å². The molecule has 4 aromatic rings. The summed E-state index contributed by atoms with van der Waals surface area (Å²) in [7, 11) is 0. The van der Waals surface area contributed by atoms with Crippen LogP contribution in [0.1, 0.15) is 10.4 Å². The van der Waals surface area contributed by atoms with Crippen molar-refractivity contribution in [1.82, 2.24) is 4.98 Å². The summed E-state index contributed by atoms with van der Waals surface area (Å²) in [6.07, 6.45) is 1.69. The smallest absolute Gasteiger partial charge is 0.269 e. The number of hydrogen-bond acceptors (Lipinski definition) is 5. The molecule has 0 bridgehead atoms. The molecule has 1 aromatic heterocycles. The third-order valence-electron chi connectivity index (χ3n) is 4.29. The molecule has 6 nitrogen and oxygen atoms in total. The number of aromatic nitrogens is 1. The zero-order valence-corrected chi connectivity index (χ0v) is 15.9. The van der Waals surface area contributed by atoms with Crippen molar-refractivity contribution in [3.8, 4) is 0 Å². The maximum absolute atomic E-state index is 13.0. The van der Waals surface area contributed by atoms with Gasteiger partial charge < -0.3 is 5.32 Å². The summed E-state index contributed by atoms with van der Waals surface area (Å²) < 4.78 is 0. The number of benzene rings is 3. The fourth-order valence-electron chi connectivity index (χ4n) is 2.90. The van der Waals surface area contributed by atoms with Crippen LogP contribution in [0.2, 0.25) is 0 Å². The van der Waals surface area contributed by atoms with Gasteiger partial charge in [0.25, 0.3) is 11.6 Å². The number of carbonyl (C=O) groups excluding carboxylic acids is 1. The molecule has 142 valence electrons. The lowest BCUT2D eigenvalue weighted by Crippen LogP contribution is -2.13. The van der Waals surface area contributed by atoms with E-state index in [9.17, 15) is 14.9 Å². The van der Waals surface area contributed by atoms with E-state index in [1.807, 2.05) is 42.5 Å². The Labute approximate surface area is 170 Å². The molecule has 0 fully saturated rings. The molecule has 29 heavy (non-hydrogen) atoms. The van der Waals surface area contributed by atoms with E-state index in [-0.39, 0.29) is 11.6 Å². The van der Waals surface area contributed by atoms with Crippen LogP contribution in [0.3, 0.4) is 0 Å². The molecule has 0 aliphatic heterocycles. The number of nitrogens with zero attached hydrogens (tertiary/aromatic N) is 2. The normalized spacial score (nSPS) is 10.6. The minimum absolute atomic E-state index is 0.0313. The summed E-state index contributed by atoms with van der Waals surface area (Å²) in [5.41, 5.74) is 1.92. The third kappa shape index (κ3) is 4.09. The maximum atomic E-state index is 13.0. The lowest BCUT2D eigenvalue weighted by molar-refractivity contribution is -0.384. The molecule has 1 amide bonds. The van der Waals surface area contributed by atoms with Gasteiger partial charge in [0, 0.05) is 33.5 Å². The Morgan fingerprint density at radius 3 is 2.48 bits per heavy atom. The van der Waals surface area contributed by atoms with Crippen molar-refractivity contribution >= 4 is 39.9 Å². The standard InChI is InChI=1S/C22H15N3O3S/c26-22(24-19-8-3-5-15-6-4-14-23-21(15)19)18-7-1-2-9-20(18)29-17-12-10-16(11-13-17)25(27)28/h1-14H,(H,24,26). The minimum Gasteiger partial charge on any atom is -0.320 e. The summed E-state index contributed by atoms with van der Waals surface area (Å²) in [6.45, 7) is 0. The molecule has 0 radical (unpaired) electrons. The van der Waals surface area contributed by atoms with Crippen LogP contribution in [0, 0.1) is 10.1 Å². The SMILES string of the molecule is O=C(Nc1cccc2cccnc12)c1ccccc1Sc1ccc([N+](=O)[O-])cc1. The van der Waals surface area contributed by atoms with Gasteiger partial charge >= 0.3 is 0 Å². The van der Waals surface area contributed by atoms with Crippen LogP contribution in [0.4, 0.5) is 11.4 Å². The Morgan fingerprint density at radius 1 is 0.931 bits per heavy atom. The molecule has 0 atom stereocenters. The van der Waals surface area contributed by atoms with Gasteiger partial charge in [-0.3, -0.25) is 19.9 Å². The predicted octanol–water partition coefficient (Wildman–Crippen LogP) is 5.55. The van der Waals surface area contributed by atoms with Crippen molar-refractivity contribution in [3.05, 3.63) is 101 Å². The van der Waals surface area contributed by atoms with Gasteiger partial charge in [-0.1, -0.05) is 42.1 Å². The molecular formula is C22H15N3O3S. The summed E-state index contributed by atoms with van der Waals surface area (Å²) >= 11 is 1.38. The van der Waals surface area contributed by atoms with E-state index in [2.05, 4.69) is 10.3 Å². The lowest BCUT2D eigenvalue weighted by Gasteiger charge is -2.11. The van der Waals surface area contributed by atoms with Gasteiger partial charge in [-0.15, -0.1) is 0 Å². The second-order valence-electron chi connectivity index (χ2n) is 6.18. The second-order valence-corrected chi connectivity index (χ2v) is 7.30. The largest absolute Gasteiger partial charge is 0.320 e. The van der Waals surface area contributed by atoms with Crippen molar-refractivity contribution in [2.45, 2.75) is 9.79 Å². The summed E-state index contributed by atoms with van der Waals surface area (Å²) in [5, 5.41) is 14.7. The third-order valence-corrected chi connectivity index (χ3v) is 5.37. The molecule has 7 heteroatoms. The number of fused-ring (bicyclic) bond motifs is 1. The summed E-state index contributed by atoms with van der Waals surface area (Å²) in [4.78, 5) is 29.3. The first-order chi connectivity index (χ1) is 14.1. The number of anilines is 1. The Morgan fingerprint density at radius 2 is 1.69 bits per heavy atom. The van der Waals surface area contributed by atoms with E-state index in [0.29, 0.717) is 11.3 Å². The monoisotopic (exact) mass is 401 g/mol. The highest BCUT2D eigenvalue weighted by Crippen LogP contribution is 2.32. The van der Waals surface area contributed by atoms with Crippen LogP contribution >= 0.6 is 11.8 Å². The number of nitro benzene ring substituents is 1. The molecule has 3 aromatic carbocycles. The zero-order valence-electron chi connectivity index (χ0n) is 15.1. The molecule has 0 spiro atoms. The molecule has 1 N–H and O–H groups in total. The lowest BCUT2D eigenvalue weighted by atomic mass is 10.1. The Kier molecular flexibility index (Phi) is 5.22. The molecule has 4 rings (SSSR count). The van der Waals surface area contributed by atoms with Gasteiger partial charge in [0.15, 0.2) is 0 Å². The maximum Gasteiger partial charge on any atom is 0.269 e. The van der Waals surface area contributed by atoms with Crippen molar-refractivity contribution in [3.63, 3.8) is 0 Å². The highest BCUT2D eigenvalue weighted by atomic mass is 32.2. The van der Waals surface area contributed by atoms with Gasteiger partial charge in [0.1, 0.15) is 0 Å². The van der Waals surface area contributed by atoms with Crippen LogP contribution in [-0.4, -0.2) is 15.8 Å². The molecule has 0 unspecified atom stereocenters. The van der Waals surface area contributed by atoms with Crippen molar-refractivity contribution in [1.29, 1.82) is 0 Å². The number of non-ortho nitro benzene ring substituents is 1. The predicted molar refractivity (Wildman–Crippen MR) is 113 cm³/mol. The van der Waals surface area contributed by atoms with E-state index in [1.165, 1.54) is 23.9 Å². The summed E-state index contributed by atoms with van der Waals surface area (Å²) in [5.74, 6) is -0.242. The molecule has 0 saturated carbocycles. The highest BCUT2D eigenvalue weighted by molar-refractivity contribution is 7.99. The van der Waals surface area contributed by atoms with Gasteiger partial charge in [0.2, 0.25) is 0 Å². The summed E-state index contributed by atoms with van der Waals surface area (Å²) in [6, 6.07) is 22.9. The topological polar surface area (TPSA) is 85.1 Å². The average molecular weight is 401 g/mol. The van der Waals surface area contributed by atoms with Crippen LogP contribution in [0.15, 0.2) is 94.9 Å². The first-order valence-electron chi connectivity index (χ1n) is 8.78. The Balaban J connectivity index is 1.60. The number of hydrogen-bond donors (Lipinski definition) is 1. The minimum atomic E-state index is -0.436. The number of carbonyl (C=O) groups is 1. The van der Waals surface area contributed by atoms with E-state index in [1.54, 1.807) is 30.5 Å². The quantitative estimate of drug-likeness (QED) is 0.350. The van der Waals surface area contributed by atoms with Crippen LogP contribution in [0.5, 0.6) is 0 Å². The first-order valence-corrected chi connectivity index (χ1v) is 9.60. The number of amides is 1. The zero-order chi connectivity index (χ0) is 20.2. The first kappa shape index (κ1) is 18.6. The fraction of sp³-hybridized carbons (Fsp3) is 0. The number of rotatable bonds is 5. The van der Waals surface area contributed by atoms with Crippen LogP contribution in [0.25, 0.3) is 10.9 Å². The Bertz CT molecular complexity index is 1200. The number of para-hydroxylation sites is 1. The van der Waals surface area contributed by atoms with Gasteiger partial charge in [-0.05, 0) is 36.4 Å². The Hall–Kier alpha value is -3.71. The van der Waals surface area contributed by atoms with E-state index >= 15 is 0 Å². The van der Waals surface area contributed by atoms with Gasteiger partial charge in [-0.25, -0.2) is 0 Å². The highest BCUT2D eigenvalue weighted by Gasteiger charge is 2.14. The average Bonchev–Trinajstić information content (AvgIpc) is 2.75. The van der Waals surface area contributed by atoms with Crippen molar-refractivity contribution in [2.24, 2.45) is 0 Å². The molecule has 0 saturated heterocycles. The number of pyridine rings is 1. The van der Waals surface area contributed by atoms with Crippen molar-refractivity contribution in [2.75, 3.05) is 5.32 Å². The molecule has 1 heterocycles. The number of nitro groups is 1. The van der Waals surface area contributed by atoms with Gasteiger partial charge in [-0.2, -0.15) is 0 Å². The number of nitrogens with one attached hydrogen (secondary N) is 1. The molecule has 0 aliphatic carbocycles. The van der Waals surface area contributed by atoms with E-state index in [0.717, 1.165) is 20.7 Å². The second kappa shape index (κ2) is 8.12. The van der Waals surface area contributed by atoms with Crippen LogP contribution < -0.4 is 5.32 Å². The van der Waals surface area contributed by atoms with E-state index < -0.39 is 4.92 Å². The molecule has 0 aliphatic rings. The van der Waals surface area contributed by atoms with E-state index in [4.69, 9.17) is 0 Å². The van der Waals surface area contributed by atoms with Crippen molar-refractivity contribution < 1.29 is 9.72 Å². The molecular weight excluding hydrogens is 386 g/mol. The van der Waals surface area contributed by atoms with Gasteiger partial charge in [0.05, 0.1) is 21.7 Å². The fourth-order valence-corrected chi connectivity index (χ4v) is 3.84.